The Morgan fingerprint density at radius 1 is 1.06 bits per heavy atom. The second-order valence-electron chi connectivity index (χ2n) is 8.43. The van der Waals surface area contributed by atoms with Gasteiger partial charge in [0.1, 0.15) is 11.9 Å². The zero-order chi connectivity index (χ0) is 24.6. The molecule has 0 spiro atoms. The average molecular weight is 479 g/mol. The van der Waals surface area contributed by atoms with Crippen LogP contribution in [0.15, 0.2) is 71.6 Å². The summed E-state index contributed by atoms with van der Waals surface area (Å²) in [6.07, 6.45) is 9.29. The maximum atomic E-state index is 13.7. The third-order valence-electron chi connectivity index (χ3n) is 5.98. The third kappa shape index (κ3) is 6.11. The molecule has 0 aliphatic heterocycles. The summed E-state index contributed by atoms with van der Waals surface area (Å²) in [5.41, 5.74) is 0.812. The Kier molecular flexibility index (Phi) is 7.87. The largest absolute Gasteiger partial charge is 0.459 e. The summed E-state index contributed by atoms with van der Waals surface area (Å²) in [5, 5.41) is 5.61. The molecule has 1 saturated carbocycles. The molecule has 35 heavy (non-hydrogen) atoms. The highest BCUT2D eigenvalue weighted by Gasteiger charge is 2.34. The van der Waals surface area contributed by atoms with Crippen molar-refractivity contribution in [3.63, 3.8) is 0 Å². The summed E-state index contributed by atoms with van der Waals surface area (Å²) in [5.74, 6) is -1.86. The molecule has 0 saturated heterocycles. The van der Waals surface area contributed by atoms with Crippen molar-refractivity contribution in [1.82, 2.24) is 15.6 Å². The minimum atomic E-state index is -1.09. The van der Waals surface area contributed by atoms with Crippen molar-refractivity contribution in [3.8, 4) is 0 Å². The molecular formula is C26H27FN4O4. The van der Waals surface area contributed by atoms with Gasteiger partial charge in [0.25, 0.3) is 5.91 Å². The molecule has 1 aromatic carbocycles. The number of furan rings is 1. The van der Waals surface area contributed by atoms with Crippen LogP contribution in [-0.2, 0) is 9.59 Å². The van der Waals surface area contributed by atoms with E-state index in [1.54, 1.807) is 24.4 Å². The first kappa shape index (κ1) is 24.1. The van der Waals surface area contributed by atoms with Gasteiger partial charge in [-0.2, -0.15) is 0 Å². The van der Waals surface area contributed by atoms with Gasteiger partial charge in [-0.15, -0.1) is 0 Å². The molecule has 1 aliphatic rings. The van der Waals surface area contributed by atoms with E-state index in [0.29, 0.717) is 11.3 Å². The fourth-order valence-corrected chi connectivity index (χ4v) is 4.26. The van der Waals surface area contributed by atoms with Crippen LogP contribution >= 0.6 is 0 Å². The van der Waals surface area contributed by atoms with Crippen LogP contribution in [0.1, 0.15) is 54.3 Å². The summed E-state index contributed by atoms with van der Waals surface area (Å²) < 4.78 is 18.8. The number of hydrogen-bond acceptors (Lipinski definition) is 5. The topological polar surface area (TPSA) is 105 Å². The van der Waals surface area contributed by atoms with E-state index < -0.39 is 23.7 Å². The second-order valence-corrected chi connectivity index (χ2v) is 8.43. The van der Waals surface area contributed by atoms with Crippen LogP contribution in [0.4, 0.5) is 10.1 Å². The van der Waals surface area contributed by atoms with Crippen molar-refractivity contribution in [2.24, 2.45) is 0 Å². The van der Waals surface area contributed by atoms with Crippen LogP contribution in [0.25, 0.3) is 0 Å². The van der Waals surface area contributed by atoms with Crippen molar-refractivity contribution in [2.75, 3.05) is 11.4 Å². The molecule has 1 atom stereocenters. The first-order chi connectivity index (χ1) is 17.0. The van der Waals surface area contributed by atoms with Gasteiger partial charge in [0.05, 0.1) is 24.7 Å². The number of amides is 3. The molecule has 2 heterocycles. The minimum Gasteiger partial charge on any atom is -0.459 e. The van der Waals surface area contributed by atoms with Gasteiger partial charge in [0.15, 0.2) is 5.76 Å². The molecular weight excluding hydrogens is 451 g/mol. The predicted octanol–water partition coefficient (Wildman–Crippen LogP) is 3.77. The Bertz CT molecular complexity index is 1130. The van der Waals surface area contributed by atoms with E-state index in [1.165, 1.54) is 47.7 Å². The van der Waals surface area contributed by atoms with Gasteiger partial charge in [-0.1, -0.05) is 31.4 Å². The highest BCUT2D eigenvalue weighted by Crippen LogP contribution is 2.29. The van der Waals surface area contributed by atoms with Gasteiger partial charge < -0.3 is 15.1 Å². The van der Waals surface area contributed by atoms with Gasteiger partial charge in [-0.25, -0.2) is 4.39 Å². The summed E-state index contributed by atoms with van der Waals surface area (Å²) in [6.45, 7) is -0.386. The van der Waals surface area contributed by atoms with Gasteiger partial charge in [0, 0.05) is 12.2 Å². The van der Waals surface area contributed by atoms with E-state index >= 15 is 0 Å². The number of aromatic nitrogens is 1. The van der Waals surface area contributed by atoms with Crippen molar-refractivity contribution in [1.29, 1.82) is 0 Å². The molecule has 3 aromatic rings. The van der Waals surface area contributed by atoms with Crippen LogP contribution in [0, 0.1) is 5.82 Å². The number of benzene rings is 1. The molecule has 0 bridgehead atoms. The van der Waals surface area contributed by atoms with Crippen molar-refractivity contribution >= 4 is 23.4 Å². The van der Waals surface area contributed by atoms with E-state index in [2.05, 4.69) is 15.6 Å². The van der Waals surface area contributed by atoms with Crippen molar-refractivity contribution < 1.29 is 23.2 Å². The van der Waals surface area contributed by atoms with E-state index in [9.17, 15) is 18.8 Å². The predicted molar refractivity (Wildman–Crippen MR) is 127 cm³/mol. The van der Waals surface area contributed by atoms with Crippen LogP contribution in [0.3, 0.4) is 0 Å². The Morgan fingerprint density at radius 2 is 1.83 bits per heavy atom. The number of pyridine rings is 1. The van der Waals surface area contributed by atoms with E-state index in [-0.39, 0.29) is 24.3 Å². The highest BCUT2D eigenvalue weighted by atomic mass is 19.1. The monoisotopic (exact) mass is 478 g/mol. The number of carbonyl (C=O) groups is 3. The summed E-state index contributed by atoms with van der Waals surface area (Å²) >= 11 is 0. The maximum Gasteiger partial charge on any atom is 0.287 e. The van der Waals surface area contributed by atoms with Gasteiger partial charge in [-0.05, 0) is 54.8 Å². The average Bonchev–Trinajstić information content (AvgIpc) is 3.43. The quantitative estimate of drug-likeness (QED) is 0.513. The van der Waals surface area contributed by atoms with Crippen LogP contribution in [0.5, 0.6) is 0 Å². The summed E-state index contributed by atoms with van der Waals surface area (Å²) in [7, 11) is 0. The minimum absolute atomic E-state index is 0.00343. The Labute approximate surface area is 202 Å². The molecule has 9 heteroatoms. The molecule has 1 aliphatic carbocycles. The van der Waals surface area contributed by atoms with Crippen LogP contribution in [-0.4, -0.2) is 35.3 Å². The fraction of sp³-hybridized carbons (Fsp3) is 0.308. The fourth-order valence-electron chi connectivity index (χ4n) is 4.26. The van der Waals surface area contributed by atoms with E-state index in [1.807, 2.05) is 0 Å². The second kappa shape index (κ2) is 11.4. The standard InChI is InChI=1S/C26H27FN4O4/c27-19-12-10-18(11-13-19)24(26(34)30-20-6-2-1-3-7-20)31(21-8-4-14-28-16-21)23(32)17-29-25(33)22-9-5-15-35-22/h4-5,8-16,20,24H,1-3,6-7,17H2,(H,29,33)(H,30,34). The Balaban J connectivity index is 1.65. The van der Waals surface area contributed by atoms with Gasteiger partial charge in [-0.3, -0.25) is 24.3 Å². The SMILES string of the molecule is O=C(NCC(=O)N(c1cccnc1)C(C(=O)NC1CCCCC1)c1ccc(F)cc1)c1ccco1. The first-order valence-corrected chi connectivity index (χ1v) is 11.6. The molecule has 1 fully saturated rings. The molecule has 1 unspecified atom stereocenters. The van der Waals surface area contributed by atoms with Gasteiger partial charge in [0.2, 0.25) is 11.8 Å². The summed E-state index contributed by atoms with van der Waals surface area (Å²) in [6, 6.07) is 10.7. The lowest BCUT2D eigenvalue weighted by atomic mass is 9.94. The number of carbonyl (C=O) groups excluding carboxylic acids is 3. The summed E-state index contributed by atoms with van der Waals surface area (Å²) in [4.78, 5) is 44.8. The molecule has 3 amide bonds. The van der Waals surface area contributed by atoms with Gasteiger partial charge >= 0.3 is 0 Å². The van der Waals surface area contributed by atoms with E-state index in [0.717, 1.165) is 32.1 Å². The van der Waals surface area contributed by atoms with Crippen molar-refractivity contribution in [2.45, 2.75) is 44.2 Å². The Hall–Kier alpha value is -4.01. The smallest absolute Gasteiger partial charge is 0.287 e. The molecule has 0 radical (unpaired) electrons. The highest BCUT2D eigenvalue weighted by molar-refractivity contribution is 6.04. The number of hydrogen-bond donors (Lipinski definition) is 2. The Morgan fingerprint density at radius 3 is 2.49 bits per heavy atom. The molecule has 2 aromatic heterocycles. The van der Waals surface area contributed by atoms with Crippen LogP contribution in [0.2, 0.25) is 0 Å². The zero-order valence-electron chi connectivity index (χ0n) is 19.2. The van der Waals surface area contributed by atoms with Crippen molar-refractivity contribution in [3.05, 3.63) is 84.3 Å². The number of anilines is 1. The zero-order valence-corrected chi connectivity index (χ0v) is 19.2. The number of rotatable bonds is 8. The normalized spacial score (nSPS) is 14.7. The first-order valence-electron chi connectivity index (χ1n) is 11.6. The molecule has 4 rings (SSSR count). The van der Waals surface area contributed by atoms with Crippen LogP contribution < -0.4 is 15.5 Å². The lowest BCUT2D eigenvalue weighted by Gasteiger charge is -2.33. The number of nitrogens with zero attached hydrogens (tertiary/aromatic N) is 2. The lowest BCUT2D eigenvalue weighted by Crippen LogP contribution is -2.49. The number of nitrogens with one attached hydrogen (secondary N) is 2. The molecule has 8 nitrogen and oxygen atoms in total. The van der Waals surface area contributed by atoms with E-state index in [4.69, 9.17) is 4.42 Å². The number of halogens is 1. The molecule has 182 valence electrons. The maximum absolute atomic E-state index is 13.7. The third-order valence-corrected chi connectivity index (χ3v) is 5.98. The lowest BCUT2D eigenvalue weighted by molar-refractivity contribution is -0.127. The molecule has 2 N–H and O–H groups in total.